The molecule has 1 aliphatic heterocycles. The molecule has 2 unspecified atom stereocenters. The molecule has 180 valence electrons. The van der Waals surface area contributed by atoms with Crippen LogP contribution in [0.4, 0.5) is 0 Å². The monoisotopic (exact) mass is 439 g/mol. The van der Waals surface area contributed by atoms with Crippen molar-refractivity contribution in [3.8, 4) is 0 Å². The highest BCUT2D eigenvalue weighted by molar-refractivity contribution is 5.30. The van der Waals surface area contributed by atoms with Gasteiger partial charge in [-0.1, -0.05) is 62.3 Å². The van der Waals surface area contributed by atoms with Gasteiger partial charge < -0.3 is 0 Å². The van der Waals surface area contributed by atoms with Crippen LogP contribution in [0.1, 0.15) is 102 Å². The molecule has 3 heteroatoms. The third-order valence-electron chi connectivity index (χ3n) is 9.12. The fourth-order valence-electron chi connectivity index (χ4n) is 6.94. The standard InChI is InChI=1S/C29H49N3/c1-22-16-17-29(23(2)18-22)21-32-25(4)30(19-27-12-8-6-9-13-27)24(3)31(26(32)5)20-28-14-10-7-11-15-28/h16-18,24-28H,6-15,19-21H2,1-5H3. The highest BCUT2D eigenvalue weighted by Gasteiger charge is 2.41. The molecular formula is C29H49N3. The van der Waals surface area contributed by atoms with Crippen molar-refractivity contribution in [2.24, 2.45) is 11.8 Å². The molecule has 2 saturated carbocycles. The molecule has 1 aromatic carbocycles. The van der Waals surface area contributed by atoms with Crippen molar-refractivity contribution in [1.29, 1.82) is 0 Å². The van der Waals surface area contributed by atoms with Gasteiger partial charge in [0.15, 0.2) is 0 Å². The molecule has 3 fully saturated rings. The predicted molar refractivity (Wildman–Crippen MR) is 136 cm³/mol. The van der Waals surface area contributed by atoms with Gasteiger partial charge in [-0.2, -0.15) is 0 Å². The van der Waals surface area contributed by atoms with Crippen LogP contribution in [0.15, 0.2) is 18.2 Å². The highest BCUT2D eigenvalue weighted by atomic mass is 15.6. The van der Waals surface area contributed by atoms with Gasteiger partial charge in [0.2, 0.25) is 0 Å². The Labute approximate surface area is 198 Å². The first-order valence-corrected chi connectivity index (χ1v) is 13.8. The maximum absolute atomic E-state index is 2.86. The second kappa shape index (κ2) is 11.0. The second-order valence-corrected chi connectivity index (χ2v) is 11.4. The topological polar surface area (TPSA) is 9.72 Å². The van der Waals surface area contributed by atoms with Crippen LogP contribution >= 0.6 is 0 Å². The molecule has 4 rings (SSSR count). The number of rotatable bonds is 6. The lowest BCUT2D eigenvalue weighted by molar-refractivity contribution is -0.170. The summed E-state index contributed by atoms with van der Waals surface area (Å²) in [7, 11) is 0. The Morgan fingerprint density at radius 1 is 0.656 bits per heavy atom. The van der Waals surface area contributed by atoms with Gasteiger partial charge in [-0.05, 0) is 83.3 Å². The number of hydrogen-bond acceptors (Lipinski definition) is 3. The van der Waals surface area contributed by atoms with Crippen LogP contribution in [0.25, 0.3) is 0 Å². The Kier molecular flexibility index (Phi) is 8.34. The largest absolute Gasteiger partial charge is 0.272 e. The number of hydrogen-bond donors (Lipinski definition) is 0. The molecule has 1 saturated heterocycles. The summed E-state index contributed by atoms with van der Waals surface area (Å²) in [5.41, 5.74) is 4.32. The van der Waals surface area contributed by atoms with E-state index >= 15 is 0 Å². The summed E-state index contributed by atoms with van der Waals surface area (Å²) < 4.78 is 0. The molecule has 1 heterocycles. The minimum Gasteiger partial charge on any atom is -0.272 e. The van der Waals surface area contributed by atoms with E-state index in [4.69, 9.17) is 0 Å². The van der Waals surface area contributed by atoms with Crippen molar-refractivity contribution in [1.82, 2.24) is 14.7 Å². The first kappa shape index (κ1) is 24.2. The van der Waals surface area contributed by atoms with Gasteiger partial charge in [0.05, 0.1) is 18.5 Å². The van der Waals surface area contributed by atoms with Crippen molar-refractivity contribution in [2.75, 3.05) is 13.1 Å². The fraction of sp³-hybridized carbons (Fsp3) is 0.793. The Morgan fingerprint density at radius 3 is 1.59 bits per heavy atom. The van der Waals surface area contributed by atoms with Gasteiger partial charge in [0.1, 0.15) is 0 Å². The zero-order chi connectivity index (χ0) is 22.7. The molecule has 0 amide bonds. The van der Waals surface area contributed by atoms with E-state index in [1.165, 1.54) is 94.0 Å². The van der Waals surface area contributed by atoms with E-state index in [1.54, 1.807) is 0 Å². The summed E-state index contributed by atoms with van der Waals surface area (Å²) in [4.78, 5) is 8.52. The lowest BCUT2D eigenvalue weighted by Gasteiger charge is -2.57. The smallest absolute Gasteiger partial charge is 0.0623 e. The van der Waals surface area contributed by atoms with Gasteiger partial charge in [0.25, 0.3) is 0 Å². The molecule has 2 aliphatic carbocycles. The fourth-order valence-corrected chi connectivity index (χ4v) is 6.94. The van der Waals surface area contributed by atoms with E-state index in [9.17, 15) is 0 Å². The van der Waals surface area contributed by atoms with Crippen molar-refractivity contribution in [2.45, 2.75) is 124 Å². The Hall–Kier alpha value is -0.900. The average Bonchev–Trinajstić information content (AvgIpc) is 2.80. The lowest BCUT2D eigenvalue weighted by Crippen LogP contribution is -2.69. The quantitative estimate of drug-likeness (QED) is 0.476. The predicted octanol–water partition coefficient (Wildman–Crippen LogP) is 6.92. The maximum Gasteiger partial charge on any atom is 0.0623 e. The van der Waals surface area contributed by atoms with Crippen LogP contribution in [0, 0.1) is 25.7 Å². The molecule has 0 bridgehead atoms. The van der Waals surface area contributed by atoms with Crippen molar-refractivity contribution in [3.63, 3.8) is 0 Å². The number of benzene rings is 1. The van der Waals surface area contributed by atoms with Crippen molar-refractivity contribution in [3.05, 3.63) is 34.9 Å². The van der Waals surface area contributed by atoms with E-state index in [-0.39, 0.29) is 0 Å². The van der Waals surface area contributed by atoms with Crippen LogP contribution in [-0.2, 0) is 6.54 Å². The highest BCUT2D eigenvalue weighted by Crippen LogP contribution is 2.34. The van der Waals surface area contributed by atoms with Crippen molar-refractivity contribution < 1.29 is 0 Å². The Bertz CT molecular complexity index is 685. The third-order valence-corrected chi connectivity index (χ3v) is 9.12. The Morgan fingerprint density at radius 2 is 1.12 bits per heavy atom. The normalized spacial score (nSPS) is 30.1. The SMILES string of the molecule is Cc1ccc(CN2C(C)N(CC3CCCCC3)C(C)N(CC3CCCCC3)C2C)c(C)c1. The van der Waals surface area contributed by atoms with Crippen molar-refractivity contribution >= 4 is 0 Å². The first-order valence-electron chi connectivity index (χ1n) is 13.8. The zero-order valence-electron chi connectivity index (χ0n) is 21.7. The van der Waals surface area contributed by atoms with E-state index in [0.717, 1.165) is 18.4 Å². The second-order valence-electron chi connectivity index (χ2n) is 11.4. The molecule has 0 aromatic heterocycles. The molecule has 0 radical (unpaired) electrons. The van der Waals surface area contributed by atoms with Crippen LogP contribution in [-0.4, -0.2) is 46.3 Å². The molecule has 32 heavy (non-hydrogen) atoms. The van der Waals surface area contributed by atoms with E-state index in [1.807, 2.05) is 0 Å². The minimum absolute atomic E-state index is 0.491. The molecule has 2 atom stereocenters. The summed E-state index contributed by atoms with van der Waals surface area (Å²) in [6.45, 7) is 15.6. The molecular weight excluding hydrogens is 390 g/mol. The zero-order valence-corrected chi connectivity index (χ0v) is 21.7. The van der Waals surface area contributed by atoms with Crippen LogP contribution < -0.4 is 0 Å². The lowest BCUT2D eigenvalue weighted by atomic mass is 9.87. The van der Waals surface area contributed by atoms with Gasteiger partial charge in [0, 0.05) is 19.6 Å². The van der Waals surface area contributed by atoms with Gasteiger partial charge in [-0.15, -0.1) is 0 Å². The first-order chi connectivity index (χ1) is 15.4. The molecule has 0 N–H and O–H groups in total. The summed E-state index contributed by atoms with van der Waals surface area (Å²) in [6, 6.07) is 7.03. The average molecular weight is 440 g/mol. The summed E-state index contributed by atoms with van der Waals surface area (Å²) in [6.07, 6.45) is 15.9. The van der Waals surface area contributed by atoms with Crippen LogP contribution in [0.2, 0.25) is 0 Å². The number of aryl methyl sites for hydroxylation is 2. The van der Waals surface area contributed by atoms with E-state index in [0.29, 0.717) is 18.5 Å². The van der Waals surface area contributed by atoms with E-state index in [2.05, 4.69) is 67.5 Å². The molecule has 3 aliphatic rings. The Balaban J connectivity index is 1.56. The molecule has 0 spiro atoms. The number of nitrogens with zero attached hydrogens (tertiary/aromatic N) is 3. The minimum atomic E-state index is 0.491. The third kappa shape index (κ3) is 5.59. The maximum atomic E-state index is 2.86. The van der Waals surface area contributed by atoms with Crippen LogP contribution in [0.3, 0.4) is 0 Å². The van der Waals surface area contributed by atoms with Gasteiger partial charge in [-0.3, -0.25) is 14.7 Å². The van der Waals surface area contributed by atoms with Gasteiger partial charge in [-0.25, -0.2) is 0 Å². The molecule has 3 nitrogen and oxygen atoms in total. The van der Waals surface area contributed by atoms with E-state index < -0.39 is 0 Å². The summed E-state index contributed by atoms with van der Waals surface area (Å²) >= 11 is 0. The molecule has 1 aromatic rings. The summed E-state index contributed by atoms with van der Waals surface area (Å²) in [5, 5.41) is 0. The summed E-state index contributed by atoms with van der Waals surface area (Å²) in [5.74, 6) is 1.78. The van der Waals surface area contributed by atoms with Crippen LogP contribution in [0.5, 0.6) is 0 Å². The van der Waals surface area contributed by atoms with Gasteiger partial charge >= 0.3 is 0 Å².